The number of aliphatic hydroxyl groups excluding tert-OH is 1. The summed E-state index contributed by atoms with van der Waals surface area (Å²) in [6.07, 6.45) is 1.55. The molecule has 3 rings (SSSR count). The minimum Gasteiger partial charge on any atom is -0.440 e. The van der Waals surface area contributed by atoms with Crippen molar-refractivity contribution in [1.82, 2.24) is 9.97 Å². The fraction of sp³-hybridized carbons (Fsp3) is 0.182. The van der Waals surface area contributed by atoms with E-state index in [9.17, 15) is 13.7 Å². The Bertz CT molecular complexity index is 1210. The van der Waals surface area contributed by atoms with E-state index in [4.69, 9.17) is 4.78 Å². The maximum atomic E-state index is 13.5. The van der Waals surface area contributed by atoms with Crippen molar-refractivity contribution in [3.05, 3.63) is 71.2 Å². The van der Waals surface area contributed by atoms with Crippen LogP contribution in [0.2, 0.25) is 0 Å². The molecule has 0 saturated carbocycles. The van der Waals surface area contributed by atoms with Crippen LogP contribution in [-0.4, -0.2) is 27.7 Å². The zero-order valence-electron chi connectivity index (χ0n) is 16.9. The highest BCUT2D eigenvalue weighted by atomic mass is 32.2. The Labute approximate surface area is 181 Å². The molecule has 4 N–H and O–H groups in total. The minimum absolute atomic E-state index is 0.0947. The second-order valence-electron chi connectivity index (χ2n) is 6.82. The number of rotatable bonds is 6. The molecule has 2 aromatic carbocycles. The summed E-state index contributed by atoms with van der Waals surface area (Å²) >= 11 is 0. The number of hydrogen-bond donors (Lipinski definition) is 4. The van der Waals surface area contributed by atoms with E-state index in [0.29, 0.717) is 39.0 Å². The highest BCUT2D eigenvalue weighted by Gasteiger charge is 2.09. The first-order chi connectivity index (χ1) is 14.9. The Morgan fingerprint density at radius 1 is 1.23 bits per heavy atom. The topological polar surface area (TPSA) is 111 Å². The van der Waals surface area contributed by atoms with Crippen LogP contribution in [0.5, 0.6) is 0 Å². The summed E-state index contributed by atoms with van der Waals surface area (Å²) in [5, 5.41) is 15.5. The summed E-state index contributed by atoms with van der Waals surface area (Å²) in [7, 11) is -1.80. The second kappa shape index (κ2) is 10.0. The molecule has 7 nitrogen and oxygen atoms in total. The molecule has 0 aliphatic rings. The van der Waals surface area contributed by atoms with Gasteiger partial charge in [-0.15, -0.1) is 0 Å². The van der Waals surface area contributed by atoms with Crippen molar-refractivity contribution in [3.8, 4) is 11.8 Å². The van der Waals surface area contributed by atoms with Crippen molar-refractivity contribution >= 4 is 28.0 Å². The molecule has 160 valence electrons. The van der Waals surface area contributed by atoms with Crippen LogP contribution in [0.1, 0.15) is 23.6 Å². The van der Waals surface area contributed by atoms with Gasteiger partial charge in [-0.1, -0.05) is 28.9 Å². The van der Waals surface area contributed by atoms with E-state index in [1.54, 1.807) is 56.4 Å². The number of aliphatic hydroxyl groups is 1. The number of aryl methyl sites for hydroxylation is 1. The number of hydrogen-bond acceptors (Lipinski definition) is 8. The fourth-order valence-electron chi connectivity index (χ4n) is 2.58. The zero-order chi connectivity index (χ0) is 22.4. The third kappa shape index (κ3) is 6.01. The van der Waals surface area contributed by atoms with Gasteiger partial charge in [-0.05, 0) is 49.7 Å². The molecule has 1 aromatic heterocycles. The second-order valence-corrected chi connectivity index (χ2v) is 7.82. The zero-order valence-corrected chi connectivity index (χ0v) is 17.8. The molecule has 0 unspecified atom stereocenters. The molecule has 0 fully saturated rings. The Morgan fingerprint density at radius 2 is 1.97 bits per heavy atom. The standard InChI is InChI=1S/C22H21FN5O2S/c1-14-11-16(4-10-20(14)23)3-5-17-12-25-22(28-21(17)26-15(2)13-29)27-18-6-8-19(9-7-18)31(24)30/h4,6-12,15,24,29H,13H2,1-2H3,(H2,25,26,27,28)/q-1/t15-/m1/s1. The molecule has 31 heavy (non-hydrogen) atoms. The highest BCUT2D eigenvalue weighted by molar-refractivity contribution is 7.73. The number of halogens is 1. The maximum Gasteiger partial charge on any atom is 0.229 e. The molecule has 3 aromatic rings. The number of anilines is 3. The van der Waals surface area contributed by atoms with Crippen molar-refractivity contribution in [1.29, 1.82) is 4.78 Å². The lowest BCUT2D eigenvalue weighted by Gasteiger charge is -2.14. The SMILES string of the molecule is Cc1cc(C#Cc2cnc(Nc3ccc([S-](=N)=O)cc3)nc2N[C@H](C)CO)ccc1F. The lowest BCUT2D eigenvalue weighted by molar-refractivity contribution is 0.281. The van der Waals surface area contributed by atoms with Crippen LogP contribution in [0.25, 0.3) is 0 Å². The van der Waals surface area contributed by atoms with E-state index in [1.165, 1.54) is 6.07 Å². The maximum absolute atomic E-state index is 13.5. The first kappa shape index (κ1) is 22.2. The highest BCUT2D eigenvalue weighted by Crippen LogP contribution is 2.19. The van der Waals surface area contributed by atoms with Crippen LogP contribution >= 0.6 is 0 Å². The van der Waals surface area contributed by atoms with Gasteiger partial charge >= 0.3 is 0 Å². The van der Waals surface area contributed by atoms with E-state index in [0.717, 1.165) is 0 Å². The molecule has 0 spiro atoms. The monoisotopic (exact) mass is 438 g/mol. The van der Waals surface area contributed by atoms with Gasteiger partial charge in [0, 0.05) is 17.3 Å². The van der Waals surface area contributed by atoms with Gasteiger partial charge < -0.3 is 24.7 Å². The van der Waals surface area contributed by atoms with Crippen LogP contribution in [0.4, 0.5) is 21.8 Å². The largest absolute Gasteiger partial charge is 0.440 e. The van der Waals surface area contributed by atoms with Gasteiger partial charge in [-0.25, -0.2) is 9.37 Å². The van der Waals surface area contributed by atoms with Crippen molar-refractivity contribution in [2.24, 2.45) is 0 Å². The van der Waals surface area contributed by atoms with Gasteiger partial charge in [0.15, 0.2) is 0 Å². The molecular weight excluding hydrogens is 417 g/mol. The van der Waals surface area contributed by atoms with E-state index in [2.05, 4.69) is 32.4 Å². The molecule has 1 atom stereocenters. The van der Waals surface area contributed by atoms with Gasteiger partial charge in [-0.2, -0.15) is 15.6 Å². The molecule has 0 amide bonds. The van der Waals surface area contributed by atoms with E-state index >= 15 is 0 Å². The molecule has 9 heteroatoms. The first-order valence-corrected chi connectivity index (χ1v) is 10.5. The van der Waals surface area contributed by atoms with Crippen molar-refractivity contribution in [2.45, 2.75) is 24.8 Å². The predicted octanol–water partition coefficient (Wildman–Crippen LogP) is 3.95. The van der Waals surface area contributed by atoms with Gasteiger partial charge in [0.2, 0.25) is 5.95 Å². The van der Waals surface area contributed by atoms with Crippen molar-refractivity contribution in [2.75, 3.05) is 17.2 Å². The predicted molar refractivity (Wildman–Crippen MR) is 118 cm³/mol. The average Bonchev–Trinajstić information content (AvgIpc) is 2.76. The van der Waals surface area contributed by atoms with Crippen molar-refractivity contribution in [3.63, 3.8) is 0 Å². The molecule has 1 heterocycles. The molecule has 0 bridgehead atoms. The Kier molecular flexibility index (Phi) is 7.18. The third-order valence-corrected chi connectivity index (χ3v) is 4.97. The van der Waals surface area contributed by atoms with Crippen LogP contribution < -0.4 is 10.6 Å². The van der Waals surface area contributed by atoms with Gasteiger partial charge in [0.25, 0.3) is 0 Å². The minimum atomic E-state index is -1.80. The lowest BCUT2D eigenvalue weighted by Crippen LogP contribution is -2.21. The average molecular weight is 439 g/mol. The Balaban J connectivity index is 1.89. The Morgan fingerprint density at radius 3 is 2.61 bits per heavy atom. The fourth-order valence-corrected chi connectivity index (χ4v) is 2.96. The lowest BCUT2D eigenvalue weighted by atomic mass is 10.1. The van der Waals surface area contributed by atoms with Crippen LogP contribution in [0, 0.1) is 29.4 Å². The Hall–Kier alpha value is -3.48. The number of aromatic nitrogens is 2. The first-order valence-electron chi connectivity index (χ1n) is 9.38. The van der Waals surface area contributed by atoms with E-state index in [-0.39, 0.29) is 18.5 Å². The summed E-state index contributed by atoms with van der Waals surface area (Å²) in [4.78, 5) is 9.13. The van der Waals surface area contributed by atoms with Crippen LogP contribution in [-0.2, 0) is 14.8 Å². The van der Waals surface area contributed by atoms with E-state index in [1.807, 2.05) is 0 Å². The molecule has 0 aliphatic carbocycles. The quantitative estimate of drug-likeness (QED) is 0.343. The van der Waals surface area contributed by atoms with E-state index < -0.39 is 10.6 Å². The summed E-state index contributed by atoms with van der Waals surface area (Å²) in [6, 6.07) is 10.9. The molecule has 0 saturated heterocycles. The normalized spacial score (nSPS) is 11.5. The van der Waals surface area contributed by atoms with Crippen molar-refractivity contribution < 1.29 is 13.7 Å². The summed E-state index contributed by atoms with van der Waals surface area (Å²) in [5.74, 6) is 6.43. The number of nitrogens with zero attached hydrogens (tertiary/aromatic N) is 2. The van der Waals surface area contributed by atoms with Gasteiger partial charge in [-0.3, -0.25) is 0 Å². The molecule has 0 radical (unpaired) electrons. The van der Waals surface area contributed by atoms with Gasteiger partial charge in [0.1, 0.15) is 11.6 Å². The summed E-state index contributed by atoms with van der Waals surface area (Å²) in [5.41, 5.74) is 2.35. The molecular formula is C22H21FN5O2S-. The smallest absolute Gasteiger partial charge is 0.229 e. The van der Waals surface area contributed by atoms with Crippen LogP contribution in [0.3, 0.4) is 0 Å². The summed E-state index contributed by atoms with van der Waals surface area (Å²) < 4.78 is 31.9. The number of benzene rings is 2. The van der Waals surface area contributed by atoms with Gasteiger partial charge in [0.05, 0.1) is 18.4 Å². The third-order valence-electron chi connectivity index (χ3n) is 4.27. The summed E-state index contributed by atoms with van der Waals surface area (Å²) in [6.45, 7) is 3.38. The molecule has 0 aliphatic heterocycles. The van der Waals surface area contributed by atoms with Crippen LogP contribution in [0.15, 0.2) is 53.6 Å². The number of nitrogens with one attached hydrogen (secondary N) is 3.